The Hall–Kier alpha value is -4.79. The van der Waals surface area contributed by atoms with Gasteiger partial charge in [0.25, 0.3) is 0 Å². The van der Waals surface area contributed by atoms with Crippen LogP contribution >= 0.6 is 0 Å². The summed E-state index contributed by atoms with van der Waals surface area (Å²) in [6, 6.07) is 3.72. The first-order valence-corrected chi connectivity index (χ1v) is 9.69. The van der Waals surface area contributed by atoms with Crippen LogP contribution in [-0.2, 0) is 28.7 Å². The highest BCUT2D eigenvalue weighted by atomic mass is 16.6. The standard InChI is InChI=1S/C25H20O9/c1-5-21(26)31-15-9-11-17(19(13-15)33-23(28)7-3)25(30)18-12-10-16(32-22(27)6-2)14-20(18)34-24(29)8-4/h5-9,11-14,16H,1-4,10H2. The Balaban J connectivity index is 2.48. The Kier molecular flexibility index (Phi) is 8.78. The minimum absolute atomic E-state index is 0.0174. The van der Waals surface area contributed by atoms with Crippen molar-refractivity contribution in [2.45, 2.75) is 12.5 Å². The van der Waals surface area contributed by atoms with Crippen LogP contribution < -0.4 is 9.47 Å². The van der Waals surface area contributed by atoms with Crippen LogP contribution in [0, 0.1) is 0 Å². The molecule has 1 aliphatic carbocycles. The van der Waals surface area contributed by atoms with E-state index in [1.54, 1.807) is 0 Å². The lowest BCUT2D eigenvalue weighted by Gasteiger charge is -2.21. The van der Waals surface area contributed by atoms with Gasteiger partial charge in [0, 0.05) is 36.8 Å². The van der Waals surface area contributed by atoms with Gasteiger partial charge in [-0.2, -0.15) is 0 Å². The van der Waals surface area contributed by atoms with Gasteiger partial charge in [-0.25, -0.2) is 19.2 Å². The molecule has 0 radical (unpaired) electrons. The van der Waals surface area contributed by atoms with Crippen molar-refractivity contribution in [2.75, 3.05) is 0 Å². The number of hydrogen-bond donors (Lipinski definition) is 0. The van der Waals surface area contributed by atoms with Crippen LogP contribution in [0.3, 0.4) is 0 Å². The molecule has 1 aliphatic rings. The van der Waals surface area contributed by atoms with Crippen LogP contribution in [0.1, 0.15) is 16.8 Å². The third-order valence-electron chi connectivity index (χ3n) is 4.17. The molecule has 0 N–H and O–H groups in total. The van der Waals surface area contributed by atoms with Crippen LogP contribution in [0.15, 0.2) is 92.3 Å². The third kappa shape index (κ3) is 6.60. The number of ether oxygens (including phenoxy) is 4. The molecule has 1 atom stereocenters. The van der Waals surface area contributed by atoms with Crippen molar-refractivity contribution in [3.63, 3.8) is 0 Å². The van der Waals surface area contributed by atoms with Crippen LogP contribution in [0.2, 0.25) is 0 Å². The Bertz CT molecular complexity index is 1150. The largest absolute Gasteiger partial charge is 0.454 e. The normalized spacial score (nSPS) is 14.3. The quantitative estimate of drug-likeness (QED) is 0.222. The fraction of sp³-hybridized carbons (Fsp3) is 0.0800. The summed E-state index contributed by atoms with van der Waals surface area (Å²) in [5.74, 6) is -4.33. The van der Waals surface area contributed by atoms with Gasteiger partial charge in [-0.3, -0.25) is 4.79 Å². The maximum Gasteiger partial charge on any atom is 0.335 e. The molecule has 2 rings (SSSR count). The van der Waals surface area contributed by atoms with Crippen molar-refractivity contribution < 1.29 is 42.9 Å². The summed E-state index contributed by atoms with van der Waals surface area (Å²) >= 11 is 0. The maximum atomic E-state index is 13.4. The molecule has 0 aliphatic heterocycles. The molecule has 1 unspecified atom stereocenters. The van der Waals surface area contributed by atoms with E-state index in [9.17, 15) is 24.0 Å². The van der Waals surface area contributed by atoms with E-state index in [1.165, 1.54) is 24.3 Å². The van der Waals surface area contributed by atoms with Crippen molar-refractivity contribution in [3.05, 3.63) is 97.9 Å². The number of esters is 4. The van der Waals surface area contributed by atoms with E-state index in [0.717, 1.165) is 30.4 Å². The summed E-state index contributed by atoms with van der Waals surface area (Å²) in [5, 5.41) is 0. The lowest BCUT2D eigenvalue weighted by Crippen LogP contribution is -2.22. The molecule has 9 heteroatoms. The molecule has 174 valence electrons. The van der Waals surface area contributed by atoms with Gasteiger partial charge in [-0.05, 0) is 18.2 Å². The zero-order valence-corrected chi connectivity index (χ0v) is 18.0. The van der Waals surface area contributed by atoms with Crippen LogP contribution in [0.25, 0.3) is 0 Å². The van der Waals surface area contributed by atoms with E-state index in [0.29, 0.717) is 0 Å². The summed E-state index contributed by atoms with van der Waals surface area (Å²) in [6.07, 6.45) is 5.62. The molecule has 34 heavy (non-hydrogen) atoms. The molecule has 0 fully saturated rings. The zero-order valence-electron chi connectivity index (χ0n) is 18.0. The third-order valence-corrected chi connectivity index (χ3v) is 4.17. The minimum Gasteiger partial charge on any atom is -0.454 e. The molecule has 0 saturated carbocycles. The van der Waals surface area contributed by atoms with E-state index in [2.05, 4.69) is 26.3 Å². The second-order valence-electron chi connectivity index (χ2n) is 6.43. The fourth-order valence-corrected chi connectivity index (χ4v) is 2.68. The number of carbonyl (C=O) groups is 5. The van der Waals surface area contributed by atoms with Gasteiger partial charge in [0.1, 0.15) is 23.4 Å². The first-order chi connectivity index (χ1) is 16.2. The maximum absolute atomic E-state index is 13.4. The first-order valence-electron chi connectivity index (χ1n) is 9.69. The van der Waals surface area contributed by atoms with Crippen molar-refractivity contribution >= 4 is 29.7 Å². The Morgan fingerprint density at radius 2 is 1.38 bits per heavy atom. The molecule has 0 bridgehead atoms. The molecular formula is C25H20O9. The summed E-state index contributed by atoms with van der Waals surface area (Å²) in [4.78, 5) is 60.0. The lowest BCUT2D eigenvalue weighted by atomic mass is 9.94. The average Bonchev–Trinajstić information content (AvgIpc) is 2.83. The molecule has 0 spiro atoms. The molecule has 1 aromatic rings. The van der Waals surface area contributed by atoms with Crippen molar-refractivity contribution in [1.29, 1.82) is 0 Å². The average molecular weight is 464 g/mol. The second-order valence-corrected chi connectivity index (χ2v) is 6.43. The van der Waals surface area contributed by atoms with Gasteiger partial charge in [0.05, 0.1) is 11.1 Å². The number of ketones is 1. The molecule has 0 amide bonds. The predicted molar refractivity (Wildman–Crippen MR) is 120 cm³/mol. The topological polar surface area (TPSA) is 122 Å². The van der Waals surface area contributed by atoms with Gasteiger partial charge in [0.15, 0.2) is 5.78 Å². The Morgan fingerprint density at radius 3 is 2.00 bits per heavy atom. The summed E-state index contributed by atoms with van der Waals surface area (Å²) < 4.78 is 20.4. The van der Waals surface area contributed by atoms with Crippen LogP contribution in [0.5, 0.6) is 11.5 Å². The highest BCUT2D eigenvalue weighted by molar-refractivity contribution is 6.13. The molecule has 9 nitrogen and oxygen atoms in total. The number of Topliss-reactive ketones (excluding diaryl/α,β-unsaturated/α-hetero) is 1. The Labute approximate surface area is 194 Å². The fourth-order valence-electron chi connectivity index (χ4n) is 2.68. The van der Waals surface area contributed by atoms with Crippen LogP contribution in [-0.4, -0.2) is 35.8 Å². The van der Waals surface area contributed by atoms with Gasteiger partial charge in [-0.15, -0.1) is 0 Å². The van der Waals surface area contributed by atoms with Gasteiger partial charge in [0.2, 0.25) is 0 Å². The van der Waals surface area contributed by atoms with E-state index in [-0.39, 0.29) is 34.8 Å². The number of rotatable bonds is 10. The molecule has 0 heterocycles. The molecule has 0 saturated heterocycles. The van der Waals surface area contributed by atoms with E-state index in [4.69, 9.17) is 18.9 Å². The molecule has 0 aromatic heterocycles. The van der Waals surface area contributed by atoms with Crippen molar-refractivity contribution in [2.24, 2.45) is 0 Å². The van der Waals surface area contributed by atoms with Gasteiger partial charge < -0.3 is 18.9 Å². The van der Waals surface area contributed by atoms with Crippen molar-refractivity contribution in [3.8, 4) is 11.5 Å². The van der Waals surface area contributed by atoms with Crippen molar-refractivity contribution in [1.82, 2.24) is 0 Å². The first kappa shape index (κ1) is 25.5. The van der Waals surface area contributed by atoms with Gasteiger partial charge in [-0.1, -0.05) is 32.4 Å². The van der Waals surface area contributed by atoms with E-state index >= 15 is 0 Å². The second kappa shape index (κ2) is 11.7. The molecular weight excluding hydrogens is 444 g/mol. The number of hydrogen-bond acceptors (Lipinski definition) is 9. The van der Waals surface area contributed by atoms with Crippen LogP contribution in [0.4, 0.5) is 0 Å². The van der Waals surface area contributed by atoms with Gasteiger partial charge >= 0.3 is 23.9 Å². The summed E-state index contributed by atoms with van der Waals surface area (Å²) in [6.45, 7) is 13.2. The Morgan fingerprint density at radius 1 is 0.794 bits per heavy atom. The number of allylic oxidation sites excluding steroid dienone is 1. The number of benzene rings is 1. The zero-order chi connectivity index (χ0) is 25.3. The predicted octanol–water partition coefficient (Wildman–Crippen LogP) is 3.09. The SMILES string of the molecule is C=CC(=O)OC1=CC(OC(=O)C=C)CC=C1C(=O)c1ccc(OC(=O)C=C)cc1OC(=O)C=C. The molecule has 1 aromatic carbocycles. The lowest BCUT2D eigenvalue weighted by molar-refractivity contribution is -0.141. The highest BCUT2D eigenvalue weighted by Crippen LogP contribution is 2.32. The highest BCUT2D eigenvalue weighted by Gasteiger charge is 2.28. The smallest absolute Gasteiger partial charge is 0.335 e. The van der Waals surface area contributed by atoms with E-state index in [1.807, 2.05) is 0 Å². The number of carbonyl (C=O) groups excluding carboxylic acids is 5. The monoisotopic (exact) mass is 464 g/mol. The minimum atomic E-state index is -0.871. The summed E-state index contributed by atoms with van der Waals surface area (Å²) in [7, 11) is 0. The van der Waals surface area contributed by atoms with E-state index < -0.39 is 35.8 Å². The summed E-state index contributed by atoms with van der Waals surface area (Å²) in [5.41, 5.74) is -0.171.